The smallest absolute Gasteiger partial charge is 0.116 e. The van der Waals surface area contributed by atoms with Crippen LogP contribution in [0.5, 0.6) is 5.75 Å². The van der Waals surface area contributed by atoms with Crippen molar-refractivity contribution in [1.29, 1.82) is 0 Å². The molecule has 0 aromatic heterocycles. The van der Waals surface area contributed by atoms with Crippen molar-refractivity contribution in [3.8, 4) is 5.75 Å². The van der Waals surface area contributed by atoms with Gasteiger partial charge in [-0.1, -0.05) is 51.5 Å². The fraction of sp³-hybridized carbons (Fsp3) is 0.333. The summed E-state index contributed by atoms with van der Waals surface area (Å²) in [5.41, 5.74) is 1.37. The molecule has 0 aliphatic heterocycles. The van der Waals surface area contributed by atoms with Crippen LogP contribution in [0.2, 0.25) is 0 Å². The van der Waals surface area contributed by atoms with Gasteiger partial charge in [-0.05, 0) is 34.9 Å². The molecule has 1 N–H and O–H groups in total. The molecule has 0 aliphatic carbocycles. The first-order valence-corrected chi connectivity index (χ1v) is 6.01. The van der Waals surface area contributed by atoms with Gasteiger partial charge in [-0.3, -0.25) is 0 Å². The average Bonchev–Trinajstić information content (AvgIpc) is 2.32. The zero-order valence-corrected chi connectivity index (χ0v) is 10.3. The summed E-state index contributed by atoms with van der Waals surface area (Å²) >= 11 is 0. The maximum atomic E-state index is 9.30. The van der Waals surface area contributed by atoms with Crippen LogP contribution < -0.4 is 0 Å². The van der Waals surface area contributed by atoms with Gasteiger partial charge in [-0.25, -0.2) is 0 Å². The Kier molecular flexibility index (Phi) is 4.84. The SMILES string of the molecule is CC.CCCc1ccc2cc(O)ccc2c1. The first kappa shape index (κ1) is 12.6. The van der Waals surface area contributed by atoms with Crippen LogP contribution in [-0.2, 0) is 6.42 Å². The Hall–Kier alpha value is -1.50. The zero-order valence-electron chi connectivity index (χ0n) is 10.3. The van der Waals surface area contributed by atoms with Gasteiger partial charge in [-0.2, -0.15) is 0 Å². The van der Waals surface area contributed by atoms with Crippen molar-refractivity contribution in [2.45, 2.75) is 33.6 Å². The van der Waals surface area contributed by atoms with E-state index < -0.39 is 0 Å². The van der Waals surface area contributed by atoms with Crippen LogP contribution in [0.25, 0.3) is 10.8 Å². The van der Waals surface area contributed by atoms with Crippen molar-refractivity contribution in [1.82, 2.24) is 0 Å². The van der Waals surface area contributed by atoms with E-state index in [0.29, 0.717) is 5.75 Å². The minimum atomic E-state index is 0.334. The van der Waals surface area contributed by atoms with Gasteiger partial charge in [0.1, 0.15) is 5.75 Å². The number of hydrogen-bond acceptors (Lipinski definition) is 1. The summed E-state index contributed by atoms with van der Waals surface area (Å²) in [5, 5.41) is 11.6. The van der Waals surface area contributed by atoms with E-state index in [1.165, 1.54) is 17.4 Å². The fourth-order valence-electron chi connectivity index (χ4n) is 1.73. The van der Waals surface area contributed by atoms with E-state index in [4.69, 9.17) is 0 Å². The Bertz CT molecular complexity index is 446. The summed E-state index contributed by atoms with van der Waals surface area (Å²) in [5.74, 6) is 0.334. The largest absolute Gasteiger partial charge is 0.508 e. The number of fused-ring (bicyclic) bond motifs is 1. The van der Waals surface area contributed by atoms with Gasteiger partial charge in [0, 0.05) is 0 Å². The molecule has 0 fully saturated rings. The van der Waals surface area contributed by atoms with Gasteiger partial charge in [0.25, 0.3) is 0 Å². The van der Waals surface area contributed by atoms with Crippen LogP contribution >= 0.6 is 0 Å². The normalized spacial score (nSPS) is 9.69. The predicted molar refractivity (Wildman–Crippen MR) is 71.0 cm³/mol. The molecule has 1 heteroatoms. The quantitative estimate of drug-likeness (QED) is 0.782. The minimum absolute atomic E-state index is 0.334. The maximum Gasteiger partial charge on any atom is 0.116 e. The molecule has 0 saturated heterocycles. The average molecular weight is 216 g/mol. The lowest BCUT2D eigenvalue weighted by atomic mass is 10.0. The second kappa shape index (κ2) is 6.16. The summed E-state index contributed by atoms with van der Waals surface area (Å²) in [4.78, 5) is 0. The van der Waals surface area contributed by atoms with Crippen LogP contribution in [0.4, 0.5) is 0 Å². The van der Waals surface area contributed by atoms with Gasteiger partial charge in [0.05, 0.1) is 0 Å². The van der Waals surface area contributed by atoms with Gasteiger partial charge in [0.2, 0.25) is 0 Å². The molecule has 0 radical (unpaired) electrons. The molecule has 0 saturated carbocycles. The Balaban J connectivity index is 0.000000606. The number of phenolic OH excluding ortho intramolecular Hbond substituents is 1. The Morgan fingerprint density at radius 1 is 0.938 bits per heavy atom. The molecular formula is C15H20O. The second-order valence-corrected chi connectivity index (χ2v) is 3.62. The fourth-order valence-corrected chi connectivity index (χ4v) is 1.73. The second-order valence-electron chi connectivity index (χ2n) is 3.62. The molecule has 0 aliphatic rings. The first-order chi connectivity index (χ1) is 7.79. The number of hydrogen-bond donors (Lipinski definition) is 1. The van der Waals surface area contributed by atoms with Crippen LogP contribution in [0.3, 0.4) is 0 Å². The molecule has 2 aromatic rings. The van der Waals surface area contributed by atoms with Crippen LogP contribution in [0.1, 0.15) is 32.8 Å². The molecule has 86 valence electrons. The van der Waals surface area contributed by atoms with Crippen molar-refractivity contribution >= 4 is 10.8 Å². The standard InChI is InChI=1S/C13H14O.C2H6/c1-2-3-10-4-5-12-9-13(14)7-6-11(12)8-10;1-2/h4-9,14H,2-3H2,1H3;1-2H3. The van der Waals surface area contributed by atoms with E-state index in [-0.39, 0.29) is 0 Å². The highest BCUT2D eigenvalue weighted by atomic mass is 16.3. The van der Waals surface area contributed by atoms with E-state index >= 15 is 0 Å². The predicted octanol–water partition coefficient (Wildman–Crippen LogP) is 4.52. The van der Waals surface area contributed by atoms with Crippen LogP contribution in [0, 0.1) is 0 Å². The molecule has 0 bridgehead atoms. The molecule has 0 heterocycles. The first-order valence-electron chi connectivity index (χ1n) is 6.01. The van der Waals surface area contributed by atoms with Crippen LogP contribution in [-0.4, -0.2) is 5.11 Å². The minimum Gasteiger partial charge on any atom is -0.508 e. The number of aryl methyl sites for hydroxylation is 1. The van der Waals surface area contributed by atoms with Gasteiger partial charge in [-0.15, -0.1) is 0 Å². The summed E-state index contributed by atoms with van der Waals surface area (Å²) in [6.07, 6.45) is 2.29. The lowest BCUT2D eigenvalue weighted by Crippen LogP contribution is -1.82. The summed E-state index contributed by atoms with van der Waals surface area (Å²) in [6, 6.07) is 11.9. The van der Waals surface area contributed by atoms with Gasteiger partial charge >= 0.3 is 0 Å². The molecule has 2 rings (SSSR count). The summed E-state index contributed by atoms with van der Waals surface area (Å²) in [7, 11) is 0. The van der Waals surface area contributed by atoms with Crippen molar-refractivity contribution in [3.63, 3.8) is 0 Å². The van der Waals surface area contributed by atoms with Crippen molar-refractivity contribution in [2.24, 2.45) is 0 Å². The Morgan fingerprint density at radius 2 is 1.56 bits per heavy atom. The summed E-state index contributed by atoms with van der Waals surface area (Å²) in [6.45, 7) is 6.18. The summed E-state index contributed by atoms with van der Waals surface area (Å²) < 4.78 is 0. The van der Waals surface area contributed by atoms with E-state index in [2.05, 4.69) is 25.1 Å². The third kappa shape index (κ3) is 2.99. The molecular weight excluding hydrogens is 196 g/mol. The third-order valence-corrected chi connectivity index (χ3v) is 2.43. The maximum absolute atomic E-state index is 9.30. The van der Waals surface area contributed by atoms with Crippen molar-refractivity contribution < 1.29 is 5.11 Å². The molecule has 16 heavy (non-hydrogen) atoms. The molecule has 1 nitrogen and oxygen atoms in total. The van der Waals surface area contributed by atoms with E-state index in [0.717, 1.165) is 11.8 Å². The lowest BCUT2D eigenvalue weighted by Gasteiger charge is -2.02. The topological polar surface area (TPSA) is 20.2 Å². The van der Waals surface area contributed by atoms with Gasteiger partial charge in [0.15, 0.2) is 0 Å². The molecule has 2 aromatic carbocycles. The molecule has 0 unspecified atom stereocenters. The molecule has 0 spiro atoms. The monoisotopic (exact) mass is 216 g/mol. The number of aromatic hydroxyl groups is 1. The lowest BCUT2D eigenvalue weighted by molar-refractivity contribution is 0.476. The van der Waals surface area contributed by atoms with Crippen molar-refractivity contribution in [3.05, 3.63) is 42.0 Å². The highest BCUT2D eigenvalue weighted by molar-refractivity contribution is 5.84. The van der Waals surface area contributed by atoms with Crippen LogP contribution in [0.15, 0.2) is 36.4 Å². The highest BCUT2D eigenvalue weighted by Crippen LogP contribution is 2.21. The number of benzene rings is 2. The zero-order chi connectivity index (χ0) is 12.0. The number of rotatable bonds is 2. The van der Waals surface area contributed by atoms with E-state index in [1.807, 2.05) is 19.9 Å². The van der Waals surface area contributed by atoms with Gasteiger partial charge < -0.3 is 5.11 Å². The van der Waals surface area contributed by atoms with E-state index in [9.17, 15) is 5.11 Å². The Labute approximate surface area is 97.7 Å². The van der Waals surface area contributed by atoms with Crippen molar-refractivity contribution in [2.75, 3.05) is 0 Å². The molecule has 0 atom stereocenters. The molecule has 0 amide bonds. The van der Waals surface area contributed by atoms with E-state index in [1.54, 1.807) is 12.1 Å². The highest BCUT2D eigenvalue weighted by Gasteiger charge is 1.96. The third-order valence-electron chi connectivity index (χ3n) is 2.43. The number of phenols is 1. The Morgan fingerprint density at radius 3 is 2.25 bits per heavy atom.